The van der Waals surface area contributed by atoms with E-state index in [-0.39, 0.29) is 5.91 Å². The molecule has 2 aliphatic rings. The van der Waals surface area contributed by atoms with Crippen molar-refractivity contribution >= 4 is 22.8 Å². The molecular weight excluding hydrogens is 328 g/mol. The van der Waals surface area contributed by atoms with Gasteiger partial charge in [0.2, 0.25) is 0 Å². The van der Waals surface area contributed by atoms with Gasteiger partial charge in [0.15, 0.2) is 5.82 Å². The summed E-state index contributed by atoms with van der Waals surface area (Å²) < 4.78 is 0. The van der Waals surface area contributed by atoms with Crippen molar-refractivity contribution in [2.24, 2.45) is 5.92 Å². The molecule has 0 saturated carbocycles. The van der Waals surface area contributed by atoms with Crippen molar-refractivity contribution in [1.29, 1.82) is 0 Å². The van der Waals surface area contributed by atoms with Crippen LogP contribution in [0.3, 0.4) is 0 Å². The molecule has 3 aromatic heterocycles. The lowest BCUT2D eigenvalue weighted by Gasteiger charge is -2.40. The van der Waals surface area contributed by atoms with Gasteiger partial charge in [-0.1, -0.05) is 0 Å². The number of anilines is 1. The maximum absolute atomic E-state index is 12.4. The van der Waals surface area contributed by atoms with E-state index < -0.39 is 0 Å². The van der Waals surface area contributed by atoms with Crippen molar-refractivity contribution < 1.29 is 4.79 Å². The number of nitrogens with zero attached hydrogens (tertiary/aromatic N) is 4. The average molecular weight is 348 g/mol. The molecule has 1 aliphatic heterocycles. The molecule has 4 heterocycles. The minimum atomic E-state index is -0.0555. The number of carbonyl (C=O) groups excluding carboxylic acids is 1. The van der Waals surface area contributed by atoms with Crippen LogP contribution in [-0.2, 0) is 12.8 Å². The number of carbonyl (C=O) groups is 1. The van der Waals surface area contributed by atoms with E-state index in [1.807, 2.05) is 12.1 Å². The van der Waals surface area contributed by atoms with Gasteiger partial charge >= 0.3 is 0 Å². The van der Waals surface area contributed by atoms with Crippen LogP contribution in [0.4, 0.5) is 5.82 Å². The molecule has 1 fully saturated rings. The first-order valence-corrected chi connectivity index (χ1v) is 9.08. The highest BCUT2D eigenvalue weighted by atomic mass is 16.1. The molecule has 2 N–H and O–H groups in total. The molecule has 7 heteroatoms. The zero-order valence-electron chi connectivity index (χ0n) is 14.4. The summed E-state index contributed by atoms with van der Waals surface area (Å²) in [5.41, 5.74) is 3.89. The largest absolute Gasteiger partial charge is 0.354 e. The number of hydrogen-bond donors (Lipinski definition) is 2. The summed E-state index contributed by atoms with van der Waals surface area (Å²) in [7, 11) is 0. The van der Waals surface area contributed by atoms with Crippen molar-refractivity contribution in [1.82, 2.24) is 25.5 Å². The number of hydrogen-bond acceptors (Lipinski definition) is 5. The van der Waals surface area contributed by atoms with Crippen molar-refractivity contribution in [2.75, 3.05) is 24.5 Å². The molecule has 26 heavy (non-hydrogen) atoms. The molecular formula is C19H20N6O. The molecule has 132 valence electrons. The first kappa shape index (κ1) is 15.3. The highest BCUT2D eigenvalue weighted by molar-refractivity contribution is 6.05. The summed E-state index contributed by atoms with van der Waals surface area (Å²) in [5, 5.41) is 12.6. The molecule has 0 bridgehead atoms. The summed E-state index contributed by atoms with van der Waals surface area (Å²) in [6.07, 6.45) is 6.79. The first-order valence-electron chi connectivity index (χ1n) is 9.08. The van der Waals surface area contributed by atoms with Crippen LogP contribution in [0.15, 0.2) is 30.6 Å². The number of aryl methyl sites for hydroxylation is 2. The predicted octanol–water partition coefficient (Wildman–Crippen LogP) is 1.71. The van der Waals surface area contributed by atoms with Gasteiger partial charge in [0.25, 0.3) is 5.91 Å². The van der Waals surface area contributed by atoms with Gasteiger partial charge in [-0.15, -0.1) is 5.10 Å². The second-order valence-electron chi connectivity index (χ2n) is 7.11. The van der Waals surface area contributed by atoms with E-state index in [2.05, 4.69) is 36.4 Å². The van der Waals surface area contributed by atoms with Gasteiger partial charge in [-0.3, -0.25) is 4.79 Å². The Hall–Kier alpha value is -2.96. The Kier molecular flexibility index (Phi) is 3.58. The molecule has 0 unspecified atom stereocenters. The third-order valence-corrected chi connectivity index (χ3v) is 5.34. The minimum Gasteiger partial charge on any atom is -0.354 e. The predicted molar refractivity (Wildman–Crippen MR) is 98.2 cm³/mol. The standard InChI is InChI=1S/C19H20N6O/c26-19(15-9-21-18-14(15)4-2-6-20-18)22-8-12-10-25(11-12)17-7-13-3-1-5-16(13)23-24-17/h2,4,6-7,9,12H,1,3,5,8,10-11H2,(H,20,21)(H,22,26). The second-order valence-corrected chi connectivity index (χ2v) is 7.11. The maximum atomic E-state index is 12.4. The molecule has 7 nitrogen and oxygen atoms in total. The Morgan fingerprint density at radius 1 is 1.31 bits per heavy atom. The van der Waals surface area contributed by atoms with Crippen molar-refractivity contribution in [2.45, 2.75) is 19.3 Å². The lowest BCUT2D eigenvalue weighted by atomic mass is 10.00. The smallest absolute Gasteiger partial charge is 0.253 e. The van der Waals surface area contributed by atoms with Crippen LogP contribution in [0.2, 0.25) is 0 Å². The first-order chi connectivity index (χ1) is 12.8. The summed E-state index contributed by atoms with van der Waals surface area (Å²) in [5.74, 6) is 1.35. The summed E-state index contributed by atoms with van der Waals surface area (Å²) in [6, 6.07) is 5.93. The average Bonchev–Trinajstić information content (AvgIpc) is 3.26. The van der Waals surface area contributed by atoms with E-state index in [1.54, 1.807) is 12.4 Å². The molecule has 5 rings (SSSR count). The van der Waals surface area contributed by atoms with Crippen LogP contribution in [0, 0.1) is 5.92 Å². The molecule has 0 aromatic carbocycles. The molecule has 0 atom stereocenters. The van der Waals surface area contributed by atoms with Gasteiger partial charge in [0.1, 0.15) is 5.65 Å². The zero-order valence-corrected chi connectivity index (χ0v) is 14.4. The lowest BCUT2D eigenvalue weighted by Crippen LogP contribution is -2.52. The fourth-order valence-electron chi connectivity index (χ4n) is 3.83. The normalized spacial score (nSPS) is 16.5. The number of nitrogens with one attached hydrogen (secondary N) is 2. The maximum Gasteiger partial charge on any atom is 0.253 e. The number of H-pyrrole nitrogens is 1. The zero-order chi connectivity index (χ0) is 17.5. The van der Waals surface area contributed by atoms with E-state index in [9.17, 15) is 4.79 Å². The Morgan fingerprint density at radius 2 is 2.23 bits per heavy atom. The van der Waals surface area contributed by atoms with Crippen LogP contribution in [0.1, 0.15) is 28.0 Å². The van der Waals surface area contributed by atoms with Gasteiger partial charge in [-0.25, -0.2) is 4.98 Å². The van der Waals surface area contributed by atoms with Crippen LogP contribution in [0.25, 0.3) is 11.0 Å². The van der Waals surface area contributed by atoms with E-state index >= 15 is 0 Å². The topological polar surface area (TPSA) is 86.8 Å². The number of rotatable bonds is 4. The SMILES string of the molecule is O=C(NCC1CN(c2cc3c(nn2)CCC3)C1)c1c[nH]c2ncccc12. The third kappa shape index (κ3) is 2.60. The van der Waals surface area contributed by atoms with Gasteiger partial charge in [0.05, 0.1) is 11.3 Å². The van der Waals surface area contributed by atoms with Gasteiger partial charge in [-0.05, 0) is 43.0 Å². The molecule has 0 spiro atoms. The molecule has 0 radical (unpaired) electrons. The number of aromatic nitrogens is 4. The van der Waals surface area contributed by atoms with Gasteiger partial charge in [0, 0.05) is 43.3 Å². The Labute approximate surface area is 150 Å². The highest BCUT2D eigenvalue weighted by Crippen LogP contribution is 2.27. The van der Waals surface area contributed by atoms with Gasteiger partial charge in [-0.2, -0.15) is 5.10 Å². The van der Waals surface area contributed by atoms with Crippen LogP contribution < -0.4 is 10.2 Å². The van der Waals surface area contributed by atoms with Crippen molar-refractivity contribution in [3.8, 4) is 0 Å². The molecule has 1 amide bonds. The minimum absolute atomic E-state index is 0.0555. The fourth-order valence-corrected chi connectivity index (χ4v) is 3.83. The van der Waals surface area contributed by atoms with Crippen LogP contribution >= 0.6 is 0 Å². The van der Waals surface area contributed by atoms with Crippen molar-refractivity contribution in [3.05, 3.63) is 47.4 Å². The summed E-state index contributed by atoms with van der Waals surface area (Å²) in [4.78, 5) is 21.9. The van der Waals surface area contributed by atoms with Gasteiger partial charge < -0.3 is 15.2 Å². The number of amides is 1. The second kappa shape index (κ2) is 6.09. The highest BCUT2D eigenvalue weighted by Gasteiger charge is 2.29. The van der Waals surface area contributed by atoms with E-state index in [0.29, 0.717) is 18.0 Å². The third-order valence-electron chi connectivity index (χ3n) is 5.34. The summed E-state index contributed by atoms with van der Waals surface area (Å²) >= 11 is 0. The number of pyridine rings is 1. The monoisotopic (exact) mass is 348 g/mol. The Bertz CT molecular complexity index is 975. The Balaban J connectivity index is 1.17. The quantitative estimate of drug-likeness (QED) is 0.749. The molecule has 1 saturated heterocycles. The number of fused-ring (bicyclic) bond motifs is 2. The van der Waals surface area contributed by atoms with E-state index in [4.69, 9.17) is 0 Å². The van der Waals surface area contributed by atoms with E-state index in [0.717, 1.165) is 48.5 Å². The Morgan fingerprint density at radius 3 is 3.15 bits per heavy atom. The van der Waals surface area contributed by atoms with Crippen molar-refractivity contribution in [3.63, 3.8) is 0 Å². The lowest BCUT2D eigenvalue weighted by molar-refractivity contribution is 0.0946. The van der Waals surface area contributed by atoms with Crippen LogP contribution in [-0.4, -0.2) is 45.7 Å². The summed E-state index contributed by atoms with van der Waals surface area (Å²) in [6.45, 7) is 2.48. The number of aromatic amines is 1. The molecule has 1 aliphatic carbocycles. The van der Waals surface area contributed by atoms with Crippen LogP contribution in [0.5, 0.6) is 0 Å². The fraction of sp³-hybridized carbons (Fsp3) is 0.368. The molecule has 3 aromatic rings. The van der Waals surface area contributed by atoms with E-state index in [1.165, 1.54) is 12.0 Å².